The van der Waals surface area contributed by atoms with Crippen LogP contribution in [0.5, 0.6) is 0 Å². The maximum atomic E-state index is 10.3. The first-order chi connectivity index (χ1) is 9.11. The van der Waals surface area contributed by atoms with Crippen LogP contribution in [0, 0.1) is 11.8 Å². The van der Waals surface area contributed by atoms with E-state index in [1.165, 1.54) is 44.9 Å². The molecule has 2 saturated carbocycles. The van der Waals surface area contributed by atoms with Gasteiger partial charge in [0.05, 0.1) is 5.60 Å². The second-order valence-corrected chi connectivity index (χ2v) is 6.94. The van der Waals surface area contributed by atoms with E-state index in [0.717, 1.165) is 11.8 Å². The molecule has 2 aliphatic carbocycles. The molecule has 2 aliphatic rings. The van der Waals surface area contributed by atoms with Crippen molar-refractivity contribution in [3.63, 3.8) is 0 Å². The summed E-state index contributed by atoms with van der Waals surface area (Å²) in [6.45, 7) is 3.23. The van der Waals surface area contributed by atoms with Crippen molar-refractivity contribution in [3.05, 3.63) is 0 Å². The van der Waals surface area contributed by atoms with E-state index in [9.17, 15) is 5.11 Å². The molecule has 0 aromatic rings. The fourth-order valence-corrected chi connectivity index (χ4v) is 3.83. The maximum Gasteiger partial charge on any atom is 0.0765 e. The lowest BCUT2D eigenvalue weighted by Gasteiger charge is -2.40. The largest absolute Gasteiger partial charge is 0.389 e. The predicted molar refractivity (Wildman–Crippen MR) is 78.2 cm³/mol. The molecule has 112 valence electrons. The van der Waals surface area contributed by atoms with Crippen LogP contribution in [0.1, 0.15) is 58.3 Å². The molecule has 0 aliphatic heterocycles. The molecule has 19 heavy (non-hydrogen) atoms. The zero-order valence-corrected chi connectivity index (χ0v) is 12.7. The van der Waals surface area contributed by atoms with E-state index >= 15 is 0 Å². The highest BCUT2D eigenvalue weighted by atomic mass is 16.5. The summed E-state index contributed by atoms with van der Waals surface area (Å²) in [4.78, 5) is 0. The number of ether oxygens (including phenoxy) is 1. The summed E-state index contributed by atoms with van der Waals surface area (Å²) < 4.78 is 5.05. The Bertz CT molecular complexity index is 267. The normalized spacial score (nSPS) is 34.6. The van der Waals surface area contributed by atoms with Crippen LogP contribution in [0.3, 0.4) is 0 Å². The minimum atomic E-state index is -0.639. The number of hydrogen-bond donors (Lipinski definition) is 2. The summed E-state index contributed by atoms with van der Waals surface area (Å²) >= 11 is 0. The molecular formula is C16H31NO2. The van der Waals surface area contributed by atoms with Crippen LogP contribution in [0.25, 0.3) is 0 Å². The van der Waals surface area contributed by atoms with Gasteiger partial charge in [-0.1, -0.05) is 25.7 Å². The molecule has 0 aromatic carbocycles. The third-order valence-corrected chi connectivity index (χ3v) is 5.16. The van der Waals surface area contributed by atoms with Crippen molar-refractivity contribution in [2.24, 2.45) is 11.8 Å². The summed E-state index contributed by atoms with van der Waals surface area (Å²) in [6.07, 6.45) is 10.5. The minimum absolute atomic E-state index is 0.619. The van der Waals surface area contributed by atoms with Crippen molar-refractivity contribution < 1.29 is 9.84 Å². The van der Waals surface area contributed by atoms with Crippen LogP contribution in [-0.2, 0) is 4.74 Å². The van der Waals surface area contributed by atoms with Gasteiger partial charge in [0.25, 0.3) is 0 Å². The second kappa shape index (κ2) is 7.05. The highest BCUT2D eigenvalue weighted by Crippen LogP contribution is 2.40. The second-order valence-electron chi connectivity index (χ2n) is 6.94. The van der Waals surface area contributed by atoms with Gasteiger partial charge in [0, 0.05) is 32.7 Å². The molecule has 0 saturated heterocycles. The fourth-order valence-electron chi connectivity index (χ4n) is 3.83. The maximum absolute atomic E-state index is 10.3. The van der Waals surface area contributed by atoms with Gasteiger partial charge in [0.2, 0.25) is 0 Å². The first kappa shape index (κ1) is 15.3. The number of methoxy groups -OCH3 is 1. The number of rotatable bonds is 6. The molecule has 0 aromatic heterocycles. The Balaban J connectivity index is 1.71. The molecule has 0 bridgehead atoms. The van der Waals surface area contributed by atoms with Crippen LogP contribution >= 0.6 is 0 Å². The molecule has 2 rings (SSSR count). The van der Waals surface area contributed by atoms with E-state index in [0.29, 0.717) is 25.6 Å². The van der Waals surface area contributed by atoms with Gasteiger partial charge in [0.15, 0.2) is 0 Å². The molecule has 2 N–H and O–H groups in total. The zero-order chi connectivity index (χ0) is 13.7. The summed E-state index contributed by atoms with van der Waals surface area (Å²) in [5, 5.41) is 13.9. The van der Waals surface area contributed by atoms with E-state index < -0.39 is 5.60 Å². The highest BCUT2D eigenvalue weighted by molar-refractivity contribution is 4.87. The number of fused-ring (bicyclic) bond motifs is 1. The first-order valence-electron chi connectivity index (χ1n) is 8.05. The average molecular weight is 269 g/mol. The van der Waals surface area contributed by atoms with Crippen LogP contribution in [0.15, 0.2) is 0 Å². The third kappa shape index (κ3) is 4.73. The Morgan fingerprint density at radius 3 is 2.63 bits per heavy atom. The van der Waals surface area contributed by atoms with Crippen molar-refractivity contribution >= 4 is 0 Å². The van der Waals surface area contributed by atoms with Gasteiger partial charge in [-0.15, -0.1) is 0 Å². The van der Waals surface area contributed by atoms with Crippen LogP contribution in [0.4, 0.5) is 0 Å². The Labute approximate surface area is 118 Å². The van der Waals surface area contributed by atoms with Crippen LogP contribution in [-0.4, -0.2) is 37.0 Å². The molecule has 3 nitrogen and oxygen atoms in total. The summed E-state index contributed by atoms with van der Waals surface area (Å²) in [5.74, 6) is 1.95. The summed E-state index contributed by atoms with van der Waals surface area (Å²) in [6, 6.07) is 0.619. The SMILES string of the molecule is COCCC(C)(O)CNC1CCC2CCCCC2C1. The average Bonchev–Trinajstić information content (AvgIpc) is 2.43. The zero-order valence-electron chi connectivity index (χ0n) is 12.7. The third-order valence-electron chi connectivity index (χ3n) is 5.16. The smallest absolute Gasteiger partial charge is 0.0765 e. The van der Waals surface area contributed by atoms with Gasteiger partial charge in [-0.05, 0) is 38.0 Å². The highest BCUT2D eigenvalue weighted by Gasteiger charge is 2.32. The van der Waals surface area contributed by atoms with Crippen molar-refractivity contribution in [3.8, 4) is 0 Å². The minimum Gasteiger partial charge on any atom is -0.389 e. The summed E-state index contributed by atoms with van der Waals surface area (Å²) in [5.41, 5.74) is -0.639. The number of aliphatic hydroxyl groups is 1. The molecule has 0 heterocycles. The first-order valence-corrected chi connectivity index (χ1v) is 8.05. The summed E-state index contributed by atoms with van der Waals surface area (Å²) in [7, 11) is 1.69. The quantitative estimate of drug-likeness (QED) is 0.779. The van der Waals surface area contributed by atoms with E-state index in [-0.39, 0.29) is 0 Å². The molecule has 0 amide bonds. The molecule has 4 unspecified atom stereocenters. The molecule has 4 atom stereocenters. The lowest BCUT2D eigenvalue weighted by Crippen LogP contribution is -2.46. The van der Waals surface area contributed by atoms with Gasteiger partial charge in [0.1, 0.15) is 0 Å². The topological polar surface area (TPSA) is 41.5 Å². The van der Waals surface area contributed by atoms with E-state index in [4.69, 9.17) is 4.74 Å². The Hall–Kier alpha value is -0.120. The van der Waals surface area contributed by atoms with E-state index in [1.807, 2.05) is 6.92 Å². The Morgan fingerprint density at radius 2 is 1.89 bits per heavy atom. The Morgan fingerprint density at radius 1 is 1.16 bits per heavy atom. The van der Waals surface area contributed by atoms with Crippen molar-refractivity contribution in [1.82, 2.24) is 5.32 Å². The van der Waals surface area contributed by atoms with Gasteiger partial charge in [-0.25, -0.2) is 0 Å². The molecule has 0 spiro atoms. The van der Waals surface area contributed by atoms with Crippen molar-refractivity contribution in [2.45, 2.75) is 69.9 Å². The lowest BCUT2D eigenvalue weighted by molar-refractivity contribution is 0.0190. The fraction of sp³-hybridized carbons (Fsp3) is 1.00. The molecular weight excluding hydrogens is 238 g/mol. The van der Waals surface area contributed by atoms with Crippen molar-refractivity contribution in [2.75, 3.05) is 20.3 Å². The van der Waals surface area contributed by atoms with Gasteiger partial charge >= 0.3 is 0 Å². The predicted octanol–water partition coefficient (Wildman–Crippen LogP) is 2.72. The van der Waals surface area contributed by atoms with E-state index in [1.54, 1.807) is 7.11 Å². The Kier molecular flexibility index (Phi) is 5.67. The van der Waals surface area contributed by atoms with Gasteiger partial charge < -0.3 is 15.2 Å². The molecule has 0 radical (unpaired) electrons. The number of nitrogens with one attached hydrogen (secondary N) is 1. The van der Waals surface area contributed by atoms with Gasteiger partial charge in [-0.3, -0.25) is 0 Å². The lowest BCUT2D eigenvalue weighted by atomic mass is 9.69. The standard InChI is InChI=1S/C16H31NO2/c1-16(18,9-10-19-2)12-17-15-8-7-13-5-3-4-6-14(13)11-15/h13-15,17-18H,3-12H2,1-2H3. The van der Waals surface area contributed by atoms with Crippen molar-refractivity contribution in [1.29, 1.82) is 0 Å². The monoisotopic (exact) mass is 269 g/mol. The molecule has 3 heteroatoms. The molecule has 2 fully saturated rings. The van der Waals surface area contributed by atoms with E-state index in [2.05, 4.69) is 5.32 Å². The number of hydrogen-bond acceptors (Lipinski definition) is 3. The van der Waals surface area contributed by atoms with Crippen LogP contribution in [0.2, 0.25) is 0 Å². The van der Waals surface area contributed by atoms with Crippen LogP contribution < -0.4 is 5.32 Å². The van der Waals surface area contributed by atoms with Gasteiger partial charge in [-0.2, -0.15) is 0 Å².